The van der Waals surface area contributed by atoms with Gasteiger partial charge >= 0.3 is 6.03 Å². The standard InChI is InChI=1S/C33H40N6O4/c1-42-19-9-18-39-30-16-6-5-15-29(30)37-32(39)24-10-8-17-38(23-24)31(40)20-25(34)22-35-33(41)36-26-11-7-14-28(21-26)43-27-12-3-2-4-13-27/h2-7,11-16,21,24-25H,8-10,17-20,22-23,34H2,1H3,(H2,35,36,41)/t24-,25-/m1/s1. The van der Waals surface area contributed by atoms with E-state index in [-0.39, 0.29) is 24.8 Å². The lowest BCUT2D eigenvalue weighted by Gasteiger charge is -2.33. The molecule has 2 heterocycles. The number of amides is 3. The van der Waals surface area contributed by atoms with Crippen LogP contribution in [0.3, 0.4) is 0 Å². The van der Waals surface area contributed by atoms with Crippen LogP contribution in [0.1, 0.15) is 37.4 Å². The number of anilines is 1. The van der Waals surface area contributed by atoms with Crippen LogP contribution >= 0.6 is 0 Å². The van der Waals surface area contributed by atoms with Gasteiger partial charge in [-0.25, -0.2) is 9.78 Å². The molecule has 1 aliphatic heterocycles. The number of aromatic nitrogens is 2. The molecule has 5 rings (SSSR count). The molecule has 0 saturated carbocycles. The van der Waals surface area contributed by atoms with Crippen molar-refractivity contribution in [3.05, 3.63) is 84.7 Å². The van der Waals surface area contributed by atoms with Crippen LogP contribution < -0.4 is 21.1 Å². The van der Waals surface area contributed by atoms with Crippen molar-refractivity contribution >= 4 is 28.7 Å². The van der Waals surface area contributed by atoms with Crippen molar-refractivity contribution in [2.24, 2.45) is 5.73 Å². The number of benzene rings is 3. The molecular weight excluding hydrogens is 544 g/mol. The Hall–Kier alpha value is -4.41. The number of ether oxygens (including phenoxy) is 2. The number of hydrogen-bond acceptors (Lipinski definition) is 6. The quantitative estimate of drug-likeness (QED) is 0.199. The van der Waals surface area contributed by atoms with Crippen molar-refractivity contribution in [3.63, 3.8) is 0 Å². The summed E-state index contributed by atoms with van der Waals surface area (Å²) < 4.78 is 13.4. The smallest absolute Gasteiger partial charge is 0.319 e. The van der Waals surface area contributed by atoms with Crippen LogP contribution in [0.15, 0.2) is 78.9 Å². The second-order valence-electron chi connectivity index (χ2n) is 10.9. The molecule has 1 aliphatic rings. The highest BCUT2D eigenvalue weighted by atomic mass is 16.5. The summed E-state index contributed by atoms with van der Waals surface area (Å²) in [5.74, 6) is 2.48. The van der Waals surface area contributed by atoms with E-state index in [0.717, 1.165) is 42.7 Å². The number of piperidine rings is 1. The molecule has 3 amide bonds. The predicted molar refractivity (Wildman–Crippen MR) is 167 cm³/mol. The van der Waals surface area contributed by atoms with Gasteiger partial charge in [-0.15, -0.1) is 0 Å². The maximum atomic E-state index is 13.2. The lowest BCUT2D eigenvalue weighted by atomic mass is 9.96. The summed E-state index contributed by atoms with van der Waals surface area (Å²) in [5, 5.41) is 5.58. The van der Waals surface area contributed by atoms with Crippen LogP contribution in [0, 0.1) is 0 Å². The summed E-state index contributed by atoms with van der Waals surface area (Å²) in [5.41, 5.74) is 8.95. The molecule has 226 valence electrons. The summed E-state index contributed by atoms with van der Waals surface area (Å²) >= 11 is 0. The molecule has 3 aromatic carbocycles. The molecule has 0 spiro atoms. The van der Waals surface area contributed by atoms with Gasteiger partial charge in [-0.3, -0.25) is 4.79 Å². The Balaban J connectivity index is 1.12. The molecule has 0 bridgehead atoms. The van der Waals surface area contributed by atoms with Gasteiger partial charge in [0.2, 0.25) is 5.91 Å². The number of carbonyl (C=O) groups excluding carboxylic acids is 2. The number of nitrogens with one attached hydrogen (secondary N) is 2. The second-order valence-corrected chi connectivity index (χ2v) is 10.9. The molecule has 1 saturated heterocycles. The van der Waals surface area contributed by atoms with Crippen LogP contribution in [0.5, 0.6) is 11.5 Å². The van der Waals surface area contributed by atoms with Crippen molar-refractivity contribution < 1.29 is 19.1 Å². The van der Waals surface area contributed by atoms with E-state index in [2.05, 4.69) is 21.3 Å². The monoisotopic (exact) mass is 584 g/mol. The van der Waals surface area contributed by atoms with E-state index >= 15 is 0 Å². The Kier molecular flexibility index (Phi) is 10.2. The highest BCUT2D eigenvalue weighted by Crippen LogP contribution is 2.30. The number of hydrogen-bond donors (Lipinski definition) is 3. The zero-order chi connectivity index (χ0) is 30.0. The first-order valence-electron chi connectivity index (χ1n) is 14.9. The van der Waals surface area contributed by atoms with Gasteiger partial charge in [0, 0.05) is 70.0 Å². The average molecular weight is 585 g/mol. The summed E-state index contributed by atoms with van der Waals surface area (Å²) in [6.07, 6.45) is 2.92. The largest absolute Gasteiger partial charge is 0.457 e. The lowest BCUT2D eigenvalue weighted by Crippen LogP contribution is -2.45. The molecule has 10 nitrogen and oxygen atoms in total. The summed E-state index contributed by atoms with van der Waals surface area (Å²) in [4.78, 5) is 32.6. The Bertz CT molecular complexity index is 1510. The Morgan fingerprint density at radius 2 is 1.84 bits per heavy atom. The number of imidazole rings is 1. The third-order valence-corrected chi connectivity index (χ3v) is 7.59. The van der Waals surface area contributed by atoms with Gasteiger partial charge in [-0.1, -0.05) is 36.4 Å². The summed E-state index contributed by atoms with van der Waals surface area (Å²) in [6, 6.07) is 23.8. The molecule has 2 atom stereocenters. The minimum atomic E-state index is -0.509. The molecule has 0 aliphatic carbocycles. The minimum absolute atomic E-state index is 0.00721. The minimum Gasteiger partial charge on any atom is -0.457 e. The third kappa shape index (κ3) is 8.12. The number of fused-ring (bicyclic) bond motifs is 1. The zero-order valence-electron chi connectivity index (χ0n) is 24.6. The Morgan fingerprint density at radius 1 is 1.05 bits per heavy atom. The highest BCUT2D eigenvalue weighted by Gasteiger charge is 2.29. The van der Waals surface area contributed by atoms with Crippen LogP contribution in [-0.4, -0.2) is 65.8 Å². The highest BCUT2D eigenvalue weighted by molar-refractivity contribution is 5.89. The van der Waals surface area contributed by atoms with Crippen molar-refractivity contribution in [2.45, 2.75) is 44.2 Å². The SMILES string of the molecule is COCCCn1c([C@@H]2CCCN(C(=O)C[C@@H](N)CNC(=O)Nc3cccc(Oc4ccccc4)c3)C2)nc2ccccc21. The number of para-hydroxylation sites is 3. The van der Waals surface area contributed by atoms with E-state index in [9.17, 15) is 9.59 Å². The van der Waals surface area contributed by atoms with Crippen molar-refractivity contribution in [1.29, 1.82) is 0 Å². The first kappa shape index (κ1) is 30.1. The number of carbonyl (C=O) groups is 2. The number of nitrogens with two attached hydrogens (primary N) is 1. The van der Waals surface area contributed by atoms with E-state index in [1.54, 1.807) is 25.3 Å². The summed E-state index contributed by atoms with van der Waals surface area (Å²) in [7, 11) is 1.71. The van der Waals surface area contributed by atoms with Gasteiger partial charge in [0.15, 0.2) is 0 Å². The molecule has 4 aromatic rings. The van der Waals surface area contributed by atoms with Crippen LogP contribution in [0.25, 0.3) is 11.0 Å². The molecule has 4 N–H and O–H groups in total. The van der Waals surface area contributed by atoms with E-state index in [1.165, 1.54) is 0 Å². The van der Waals surface area contributed by atoms with Gasteiger partial charge < -0.3 is 35.3 Å². The van der Waals surface area contributed by atoms with E-state index < -0.39 is 12.1 Å². The molecular formula is C33H40N6O4. The normalized spacial score (nSPS) is 15.7. The average Bonchev–Trinajstić information content (AvgIpc) is 3.39. The van der Waals surface area contributed by atoms with Crippen LogP contribution in [-0.2, 0) is 16.1 Å². The first-order chi connectivity index (χ1) is 21.0. The molecule has 43 heavy (non-hydrogen) atoms. The summed E-state index contributed by atoms with van der Waals surface area (Å²) in [6.45, 7) is 2.97. The number of aryl methyl sites for hydroxylation is 1. The van der Waals surface area contributed by atoms with E-state index in [4.69, 9.17) is 20.2 Å². The van der Waals surface area contributed by atoms with E-state index in [1.807, 2.05) is 59.5 Å². The maximum Gasteiger partial charge on any atom is 0.319 e. The first-order valence-corrected chi connectivity index (χ1v) is 14.9. The fraction of sp³-hybridized carbons (Fsp3) is 0.364. The molecule has 0 unspecified atom stereocenters. The van der Waals surface area contributed by atoms with Crippen molar-refractivity contribution in [2.75, 3.05) is 38.7 Å². The van der Waals surface area contributed by atoms with Gasteiger partial charge in [-0.05, 0) is 55.7 Å². The molecule has 0 radical (unpaired) electrons. The van der Waals surface area contributed by atoms with Gasteiger partial charge in [0.05, 0.1) is 11.0 Å². The molecule has 10 heteroatoms. The second kappa shape index (κ2) is 14.7. The van der Waals surface area contributed by atoms with Crippen LogP contribution in [0.2, 0.25) is 0 Å². The molecule has 1 fully saturated rings. The number of rotatable bonds is 12. The van der Waals surface area contributed by atoms with Gasteiger partial charge in [0.25, 0.3) is 0 Å². The fourth-order valence-electron chi connectivity index (χ4n) is 5.51. The van der Waals surface area contributed by atoms with Gasteiger partial charge in [0.1, 0.15) is 17.3 Å². The van der Waals surface area contributed by atoms with Crippen molar-refractivity contribution in [1.82, 2.24) is 19.8 Å². The Labute approximate surface area is 252 Å². The van der Waals surface area contributed by atoms with Crippen molar-refractivity contribution in [3.8, 4) is 11.5 Å². The van der Waals surface area contributed by atoms with Crippen LogP contribution in [0.4, 0.5) is 10.5 Å². The third-order valence-electron chi connectivity index (χ3n) is 7.59. The predicted octanol–water partition coefficient (Wildman–Crippen LogP) is 5.11. The molecule has 1 aromatic heterocycles. The lowest BCUT2D eigenvalue weighted by molar-refractivity contribution is -0.132. The number of urea groups is 1. The zero-order valence-corrected chi connectivity index (χ0v) is 24.6. The van der Waals surface area contributed by atoms with E-state index in [0.29, 0.717) is 36.9 Å². The topological polar surface area (TPSA) is 124 Å². The number of nitrogens with zero attached hydrogens (tertiary/aromatic N) is 3. The number of methoxy groups -OCH3 is 1. The Morgan fingerprint density at radius 3 is 2.67 bits per heavy atom. The number of likely N-dealkylation sites (tertiary alicyclic amines) is 1. The maximum absolute atomic E-state index is 13.2. The fourth-order valence-corrected chi connectivity index (χ4v) is 5.51. The van der Waals surface area contributed by atoms with Gasteiger partial charge in [-0.2, -0.15) is 0 Å².